The summed E-state index contributed by atoms with van der Waals surface area (Å²) >= 11 is 0. The molecule has 2 heterocycles. The molecule has 0 aliphatic carbocycles. The molecule has 0 aromatic heterocycles. The Hall–Kier alpha value is -2.81. The lowest BCUT2D eigenvalue weighted by atomic mass is 9.80. The Bertz CT molecular complexity index is 846. The van der Waals surface area contributed by atoms with E-state index in [9.17, 15) is 14.4 Å². The molecule has 2 aliphatic heterocycles. The highest BCUT2D eigenvalue weighted by Crippen LogP contribution is 2.51. The highest BCUT2D eigenvalue weighted by atomic mass is 16.5. The average molecular weight is 420 g/mol. The van der Waals surface area contributed by atoms with Gasteiger partial charge in [-0.15, -0.1) is 0 Å². The maximum absolute atomic E-state index is 13.1. The number of methoxy groups -OCH3 is 3. The molecule has 2 amide bonds. The zero-order valence-electron chi connectivity index (χ0n) is 18.1. The molecule has 1 N–H and O–H groups in total. The summed E-state index contributed by atoms with van der Waals surface area (Å²) in [6.45, 7) is 5.46. The predicted octanol–water partition coefficient (Wildman–Crippen LogP) is 1.30. The summed E-state index contributed by atoms with van der Waals surface area (Å²) in [5.41, 5.74) is -0.700. The van der Waals surface area contributed by atoms with Crippen LogP contribution in [-0.4, -0.2) is 62.7 Å². The number of fused-ring (bicyclic) bond motifs is 1. The number of nitrogens with zero attached hydrogens (tertiary/aromatic N) is 1. The minimum atomic E-state index is -1.34. The summed E-state index contributed by atoms with van der Waals surface area (Å²) in [5, 5.41) is 3.22. The number of likely N-dealkylation sites (tertiary alicyclic amines) is 1. The molecule has 0 radical (unpaired) electrons. The molecule has 2 aliphatic rings. The van der Waals surface area contributed by atoms with Gasteiger partial charge in [-0.2, -0.15) is 0 Å². The number of carbonyl (C=O) groups is 3. The number of amides is 2. The fourth-order valence-electron chi connectivity index (χ4n) is 4.55. The number of rotatable bonds is 7. The number of carbonyl (C=O) groups excluding carboxylic acids is 3. The second-order valence-corrected chi connectivity index (χ2v) is 7.43. The maximum Gasteiger partial charge on any atom is 0.326 e. The van der Waals surface area contributed by atoms with Crippen LogP contribution in [0.5, 0.6) is 17.2 Å². The highest BCUT2D eigenvalue weighted by molar-refractivity contribution is 6.09. The van der Waals surface area contributed by atoms with Crippen molar-refractivity contribution in [3.8, 4) is 17.2 Å². The molecule has 164 valence electrons. The Morgan fingerprint density at radius 3 is 2.13 bits per heavy atom. The Morgan fingerprint density at radius 2 is 1.67 bits per heavy atom. The fourth-order valence-corrected chi connectivity index (χ4v) is 4.55. The topological polar surface area (TPSA) is 103 Å². The molecule has 1 aromatic carbocycles. The number of nitrogens with one attached hydrogen (secondary N) is 1. The second-order valence-electron chi connectivity index (χ2n) is 7.43. The molecular weight excluding hydrogens is 392 g/mol. The van der Waals surface area contributed by atoms with Gasteiger partial charge in [-0.25, -0.2) is 0 Å². The number of hydrogen-bond acceptors (Lipinski definition) is 8. The van der Waals surface area contributed by atoms with E-state index in [2.05, 4.69) is 5.32 Å². The molecule has 9 heteroatoms. The van der Waals surface area contributed by atoms with Gasteiger partial charge in [0.05, 0.1) is 39.8 Å². The number of imide groups is 1. The molecule has 30 heavy (non-hydrogen) atoms. The summed E-state index contributed by atoms with van der Waals surface area (Å²) in [6, 6.07) is 2.82. The second kappa shape index (κ2) is 8.14. The van der Waals surface area contributed by atoms with Gasteiger partial charge in [-0.05, 0) is 38.5 Å². The smallest absolute Gasteiger partial charge is 0.326 e. The number of hydrogen-bond donors (Lipinski definition) is 1. The monoisotopic (exact) mass is 420 g/mol. The Morgan fingerprint density at radius 1 is 1.07 bits per heavy atom. The third-order valence-corrected chi connectivity index (χ3v) is 5.94. The van der Waals surface area contributed by atoms with Gasteiger partial charge in [0, 0.05) is 12.6 Å². The van der Waals surface area contributed by atoms with E-state index in [1.165, 1.54) is 26.2 Å². The quantitative estimate of drug-likeness (QED) is 0.520. The van der Waals surface area contributed by atoms with Gasteiger partial charge < -0.3 is 18.9 Å². The zero-order valence-corrected chi connectivity index (χ0v) is 18.1. The van der Waals surface area contributed by atoms with Gasteiger partial charge in [-0.3, -0.25) is 24.6 Å². The van der Waals surface area contributed by atoms with Crippen molar-refractivity contribution in [3.05, 3.63) is 17.7 Å². The van der Waals surface area contributed by atoms with Crippen molar-refractivity contribution < 1.29 is 33.3 Å². The van der Waals surface area contributed by atoms with Gasteiger partial charge in [-0.1, -0.05) is 0 Å². The SMILES string of the molecule is CCOC(=O)[C@]1(C)N[C@@H](c2cc(OC)c(OC)c(OC)c2)[C@H]2C(=O)N(CC)C(=O)[C@H]21. The van der Waals surface area contributed by atoms with Crippen LogP contribution < -0.4 is 19.5 Å². The van der Waals surface area contributed by atoms with Crippen molar-refractivity contribution >= 4 is 17.8 Å². The van der Waals surface area contributed by atoms with Crippen LogP contribution in [-0.2, 0) is 19.1 Å². The third kappa shape index (κ3) is 3.08. The first-order valence-electron chi connectivity index (χ1n) is 9.88. The van der Waals surface area contributed by atoms with Crippen LogP contribution in [0, 0.1) is 11.8 Å². The Labute approximate surface area is 175 Å². The zero-order chi connectivity index (χ0) is 22.2. The molecule has 1 aromatic rings. The number of ether oxygens (including phenoxy) is 4. The van der Waals surface area contributed by atoms with Crippen molar-refractivity contribution in [2.45, 2.75) is 32.4 Å². The summed E-state index contributed by atoms with van der Waals surface area (Å²) in [6.07, 6.45) is 0. The van der Waals surface area contributed by atoms with Crippen LogP contribution in [0.2, 0.25) is 0 Å². The van der Waals surface area contributed by atoms with Gasteiger partial charge in [0.1, 0.15) is 5.54 Å². The van der Waals surface area contributed by atoms with E-state index in [0.29, 0.717) is 22.8 Å². The molecule has 2 fully saturated rings. The lowest BCUT2D eigenvalue weighted by molar-refractivity contribution is -0.155. The fraction of sp³-hybridized carbons (Fsp3) is 0.571. The molecule has 0 saturated carbocycles. The van der Waals surface area contributed by atoms with E-state index < -0.39 is 29.4 Å². The largest absolute Gasteiger partial charge is 0.493 e. The maximum atomic E-state index is 13.1. The molecule has 0 unspecified atom stereocenters. The molecule has 4 atom stereocenters. The Kier molecular flexibility index (Phi) is 5.94. The van der Waals surface area contributed by atoms with E-state index in [-0.39, 0.29) is 25.0 Å². The summed E-state index contributed by atoms with van der Waals surface area (Å²) < 4.78 is 21.5. The summed E-state index contributed by atoms with van der Waals surface area (Å²) in [5.74, 6) is -1.62. The van der Waals surface area contributed by atoms with E-state index >= 15 is 0 Å². The Balaban J connectivity index is 2.15. The van der Waals surface area contributed by atoms with Crippen LogP contribution in [0.15, 0.2) is 12.1 Å². The minimum Gasteiger partial charge on any atom is -0.493 e. The van der Waals surface area contributed by atoms with Gasteiger partial charge in [0.25, 0.3) is 0 Å². The van der Waals surface area contributed by atoms with Crippen LogP contribution in [0.4, 0.5) is 0 Å². The van der Waals surface area contributed by atoms with E-state index in [4.69, 9.17) is 18.9 Å². The average Bonchev–Trinajstić information content (AvgIpc) is 3.20. The molecule has 9 nitrogen and oxygen atoms in total. The first-order chi connectivity index (χ1) is 14.3. The lowest BCUT2D eigenvalue weighted by Crippen LogP contribution is -2.54. The molecule has 3 rings (SSSR count). The van der Waals surface area contributed by atoms with Crippen molar-refractivity contribution in [3.63, 3.8) is 0 Å². The molecule has 0 spiro atoms. The molecule has 2 saturated heterocycles. The lowest BCUT2D eigenvalue weighted by Gasteiger charge is -2.29. The van der Waals surface area contributed by atoms with Gasteiger partial charge in [0.15, 0.2) is 11.5 Å². The number of esters is 1. The molecular formula is C21H28N2O7. The summed E-state index contributed by atoms with van der Waals surface area (Å²) in [7, 11) is 4.50. The van der Waals surface area contributed by atoms with E-state index in [0.717, 1.165) is 0 Å². The van der Waals surface area contributed by atoms with Crippen LogP contribution in [0.3, 0.4) is 0 Å². The third-order valence-electron chi connectivity index (χ3n) is 5.94. The van der Waals surface area contributed by atoms with E-state index in [1.54, 1.807) is 32.9 Å². The van der Waals surface area contributed by atoms with Crippen LogP contribution >= 0.6 is 0 Å². The van der Waals surface area contributed by atoms with Crippen molar-refractivity contribution in [1.29, 1.82) is 0 Å². The highest BCUT2D eigenvalue weighted by Gasteiger charge is 2.66. The normalized spacial score (nSPS) is 27.8. The molecule has 0 bridgehead atoms. The van der Waals surface area contributed by atoms with Crippen molar-refractivity contribution in [1.82, 2.24) is 10.2 Å². The first kappa shape index (κ1) is 21.9. The summed E-state index contributed by atoms with van der Waals surface area (Å²) in [4.78, 5) is 40.3. The van der Waals surface area contributed by atoms with Crippen LogP contribution in [0.1, 0.15) is 32.4 Å². The van der Waals surface area contributed by atoms with Gasteiger partial charge in [0.2, 0.25) is 17.6 Å². The van der Waals surface area contributed by atoms with Crippen LogP contribution in [0.25, 0.3) is 0 Å². The first-order valence-corrected chi connectivity index (χ1v) is 9.88. The van der Waals surface area contributed by atoms with Gasteiger partial charge >= 0.3 is 5.97 Å². The number of benzene rings is 1. The van der Waals surface area contributed by atoms with Crippen molar-refractivity contribution in [2.24, 2.45) is 11.8 Å². The predicted molar refractivity (Wildman–Crippen MR) is 106 cm³/mol. The van der Waals surface area contributed by atoms with Crippen molar-refractivity contribution in [2.75, 3.05) is 34.5 Å². The van der Waals surface area contributed by atoms with E-state index in [1.807, 2.05) is 0 Å². The minimum absolute atomic E-state index is 0.169. The standard InChI is InChI=1S/C21H28N2O7/c1-7-23-18(24)14-15(19(23)25)21(3,20(26)30-8-2)22-16(14)11-9-12(27-4)17(29-6)13(10-11)28-5/h9-10,14-16,22H,7-8H2,1-6H3/t14-,15-,16-,21+/m0/s1.